The van der Waals surface area contributed by atoms with E-state index in [9.17, 15) is 14.7 Å². The minimum absolute atomic E-state index is 0.00964. The fourth-order valence-corrected chi connectivity index (χ4v) is 4.24. The smallest absolute Gasteiger partial charge is 0.240 e. The van der Waals surface area contributed by atoms with E-state index in [2.05, 4.69) is 5.32 Å². The van der Waals surface area contributed by atoms with Crippen LogP contribution in [0, 0.1) is 0 Å². The lowest BCUT2D eigenvalue weighted by Gasteiger charge is -2.17. The number of hydrogen-bond acceptors (Lipinski definition) is 3. The number of aliphatic hydroxyl groups excluding tert-OH is 1. The fraction of sp³-hybridized carbons (Fsp3) is 0.130. The Bertz CT molecular complexity index is 1240. The SMILES string of the molecule is O=C(Cn1c2ccccc2c(=O)c2ccccc21)NC[C@@H](O)c1c(Cl)cccc1Cl. The minimum Gasteiger partial charge on any atom is -0.386 e. The number of amides is 1. The highest BCUT2D eigenvalue weighted by atomic mass is 35.5. The number of rotatable bonds is 5. The van der Waals surface area contributed by atoms with Gasteiger partial charge in [-0.1, -0.05) is 53.5 Å². The van der Waals surface area contributed by atoms with Crippen molar-refractivity contribution in [3.05, 3.63) is 92.6 Å². The molecule has 0 radical (unpaired) electrons. The topological polar surface area (TPSA) is 71.3 Å². The van der Waals surface area contributed by atoms with Gasteiger partial charge in [-0.3, -0.25) is 9.59 Å². The Hall–Kier alpha value is -2.86. The second-order valence-corrected chi connectivity index (χ2v) is 7.72. The van der Waals surface area contributed by atoms with Crippen LogP contribution in [-0.4, -0.2) is 22.1 Å². The van der Waals surface area contributed by atoms with Crippen LogP contribution in [0.15, 0.2) is 71.5 Å². The van der Waals surface area contributed by atoms with Gasteiger partial charge in [0.25, 0.3) is 0 Å². The summed E-state index contributed by atoms with van der Waals surface area (Å²) in [6.07, 6.45) is -1.04. The van der Waals surface area contributed by atoms with Crippen molar-refractivity contribution in [1.29, 1.82) is 0 Å². The summed E-state index contributed by atoms with van der Waals surface area (Å²) in [4.78, 5) is 25.5. The van der Waals surface area contributed by atoms with Crippen LogP contribution >= 0.6 is 23.2 Å². The van der Waals surface area contributed by atoms with Crippen LogP contribution in [0.3, 0.4) is 0 Å². The van der Waals surface area contributed by atoms with Gasteiger partial charge in [0.05, 0.1) is 17.1 Å². The monoisotopic (exact) mass is 440 g/mol. The summed E-state index contributed by atoms with van der Waals surface area (Å²) < 4.78 is 1.80. The van der Waals surface area contributed by atoms with E-state index < -0.39 is 6.10 Å². The molecule has 0 spiro atoms. The second kappa shape index (κ2) is 8.48. The van der Waals surface area contributed by atoms with Crippen molar-refractivity contribution < 1.29 is 9.90 Å². The van der Waals surface area contributed by atoms with Gasteiger partial charge in [0.2, 0.25) is 5.91 Å². The molecule has 4 rings (SSSR count). The molecule has 0 aliphatic heterocycles. The number of aromatic nitrogens is 1. The molecular formula is C23H18Cl2N2O3. The van der Waals surface area contributed by atoms with Crippen LogP contribution in [0.1, 0.15) is 11.7 Å². The Morgan fingerprint density at radius 2 is 1.43 bits per heavy atom. The van der Waals surface area contributed by atoms with Crippen molar-refractivity contribution in [2.24, 2.45) is 0 Å². The molecule has 7 heteroatoms. The predicted molar refractivity (Wildman–Crippen MR) is 120 cm³/mol. The van der Waals surface area contributed by atoms with Gasteiger partial charge in [-0.25, -0.2) is 0 Å². The number of hydrogen-bond donors (Lipinski definition) is 2. The summed E-state index contributed by atoms with van der Waals surface area (Å²) in [6, 6.07) is 19.3. The molecule has 0 aliphatic rings. The lowest BCUT2D eigenvalue weighted by molar-refractivity contribution is -0.122. The first-order chi connectivity index (χ1) is 14.5. The van der Waals surface area contributed by atoms with E-state index in [1.807, 2.05) is 24.3 Å². The Morgan fingerprint density at radius 1 is 0.900 bits per heavy atom. The number of halogens is 2. The van der Waals surface area contributed by atoms with Gasteiger partial charge in [0.15, 0.2) is 5.43 Å². The molecule has 0 fully saturated rings. The predicted octanol–water partition coefficient (Wildman–Crippen LogP) is 4.31. The third kappa shape index (κ3) is 3.79. The first-order valence-electron chi connectivity index (χ1n) is 9.36. The summed E-state index contributed by atoms with van der Waals surface area (Å²) in [7, 11) is 0. The summed E-state index contributed by atoms with van der Waals surface area (Å²) in [5, 5.41) is 14.9. The van der Waals surface area contributed by atoms with Gasteiger partial charge in [-0.05, 0) is 36.4 Å². The molecule has 0 aliphatic carbocycles. The van der Waals surface area contributed by atoms with Crippen LogP contribution in [0.25, 0.3) is 21.8 Å². The van der Waals surface area contributed by atoms with Gasteiger partial charge in [0.1, 0.15) is 6.54 Å². The molecule has 1 aromatic heterocycles. The highest BCUT2D eigenvalue weighted by Gasteiger charge is 2.17. The molecule has 152 valence electrons. The van der Waals surface area contributed by atoms with Crippen molar-refractivity contribution in [3.8, 4) is 0 Å². The number of pyridine rings is 1. The molecule has 0 saturated heterocycles. The van der Waals surface area contributed by atoms with Crippen LogP contribution in [0.2, 0.25) is 10.0 Å². The highest BCUT2D eigenvalue weighted by molar-refractivity contribution is 6.36. The van der Waals surface area contributed by atoms with Crippen LogP contribution < -0.4 is 10.7 Å². The third-order valence-corrected chi connectivity index (χ3v) is 5.67. The maximum atomic E-state index is 12.8. The molecule has 1 amide bonds. The van der Waals surface area contributed by atoms with Crippen molar-refractivity contribution in [1.82, 2.24) is 9.88 Å². The van der Waals surface area contributed by atoms with Gasteiger partial charge in [0, 0.05) is 32.9 Å². The van der Waals surface area contributed by atoms with Gasteiger partial charge in [-0.15, -0.1) is 0 Å². The number of carbonyl (C=O) groups is 1. The Kier molecular flexibility index (Phi) is 5.77. The first-order valence-corrected chi connectivity index (χ1v) is 10.1. The number of benzene rings is 3. The molecule has 0 bridgehead atoms. The molecule has 5 nitrogen and oxygen atoms in total. The average Bonchev–Trinajstić information content (AvgIpc) is 2.75. The highest BCUT2D eigenvalue weighted by Crippen LogP contribution is 2.29. The molecule has 2 N–H and O–H groups in total. The normalized spacial score (nSPS) is 12.2. The Labute approximate surface area is 182 Å². The van der Waals surface area contributed by atoms with Crippen molar-refractivity contribution >= 4 is 50.9 Å². The van der Waals surface area contributed by atoms with Crippen molar-refractivity contribution in [3.63, 3.8) is 0 Å². The number of nitrogens with one attached hydrogen (secondary N) is 1. The lowest BCUT2D eigenvalue weighted by Crippen LogP contribution is -2.32. The van der Waals surface area contributed by atoms with E-state index in [-0.39, 0.29) is 24.4 Å². The number of carbonyl (C=O) groups excluding carboxylic acids is 1. The van der Waals surface area contributed by atoms with E-state index in [1.165, 1.54) is 0 Å². The third-order valence-electron chi connectivity index (χ3n) is 5.01. The fourth-order valence-electron chi connectivity index (χ4n) is 3.59. The van der Waals surface area contributed by atoms with Gasteiger partial charge < -0.3 is 15.0 Å². The minimum atomic E-state index is -1.04. The second-order valence-electron chi connectivity index (χ2n) is 6.90. The number of para-hydroxylation sites is 2. The standard InChI is InChI=1S/C23H18Cl2N2O3/c24-16-8-5-9-17(25)22(16)20(28)12-26-21(29)13-27-18-10-3-1-6-14(18)23(30)15-7-2-4-11-19(15)27/h1-11,20,28H,12-13H2,(H,26,29)/t20-/m1/s1. The van der Waals surface area contributed by atoms with Crippen LogP contribution in [0.4, 0.5) is 0 Å². The van der Waals surface area contributed by atoms with Gasteiger partial charge >= 0.3 is 0 Å². The number of nitrogens with zero attached hydrogens (tertiary/aromatic N) is 1. The Balaban J connectivity index is 1.62. The summed E-state index contributed by atoms with van der Waals surface area (Å²) in [6.45, 7) is -0.0529. The zero-order valence-electron chi connectivity index (χ0n) is 15.8. The maximum Gasteiger partial charge on any atom is 0.240 e. The van der Waals surface area contributed by atoms with E-state index in [0.29, 0.717) is 37.4 Å². The molecule has 1 heterocycles. The first kappa shape index (κ1) is 20.4. The van der Waals surface area contributed by atoms with Crippen molar-refractivity contribution in [2.45, 2.75) is 12.6 Å². The van der Waals surface area contributed by atoms with E-state index in [1.54, 1.807) is 47.0 Å². The van der Waals surface area contributed by atoms with Crippen LogP contribution in [-0.2, 0) is 11.3 Å². The zero-order valence-corrected chi connectivity index (χ0v) is 17.3. The molecule has 0 saturated carbocycles. The van der Waals surface area contributed by atoms with Crippen LogP contribution in [0.5, 0.6) is 0 Å². The summed E-state index contributed by atoms with van der Waals surface area (Å²) >= 11 is 12.2. The Morgan fingerprint density at radius 3 is 2.00 bits per heavy atom. The molecule has 0 unspecified atom stereocenters. The molecule has 1 atom stereocenters. The van der Waals surface area contributed by atoms with Crippen molar-refractivity contribution in [2.75, 3.05) is 6.54 Å². The number of fused-ring (bicyclic) bond motifs is 2. The lowest BCUT2D eigenvalue weighted by atomic mass is 10.1. The molecule has 4 aromatic rings. The molecule has 30 heavy (non-hydrogen) atoms. The van der Waals surface area contributed by atoms with E-state index >= 15 is 0 Å². The molecular weight excluding hydrogens is 423 g/mol. The van der Waals surface area contributed by atoms with Gasteiger partial charge in [-0.2, -0.15) is 0 Å². The largest absolute Gasteiger partial charge is 0.386 e. The average molecular weight is 441 g/mol. The quantitative estimate of drug-likeness (QED) is 0.454. The zero-order chi connectivity index (χ0) is 21.3. The number of aliphatic hydroxyl groups is 1. The van der Waals surface area contributed by atoms with E-state index in [4.69, 9.17) is 23.2 Å². The summed E-state index contributed by atoms with van der Waals surface area (Å²) in [5.74, 6) is -0.309. The molecule has 3 aromatic carbocycles. The maximum absolute atomic E-state index is 12.8. The van der Waals surface area contributed by atoms with E-state index in [0.717, 1.165) is 0 Å². The summed E-state index contributed by atoms with van der Waals surface area (Å²) in [5.41, 5.74) is 1.65.